The van der Waals surface area contributed by atoms with Crippen LogP contribution >= 0.6 is 0 Å². The van der Waals surface area contributed by atoms with Crippen molar-refractivity contribution in [1.29, 1.82) is 0 Å². The first-order valence-electron chi connectivity index (χ1n) is 6.99. The summed E-state index contributed by atoms with van der Waals surface area (Å²) in [6.45, 7) is -0.158. The second kappa shape index (κ2) is 6.88. The molecular weight excluding hydrogens is 264 g/mol. The number of rotatable bonds is 8. The van der Waals surface area contributed by atoms with Crippen LogP contribution < -0.4 is 14.8 Å². The van der Waals surface area contributed by atoms with Gasteiger partial charge in [0.05, 0.1) is 7.11 Å². The summed E-state index contributed by atoms with van der Waals surface area (Å²) in [6, 6.07) is 5.69. The summed E-state index contributed by atoms with van der Waals surface area (Å²) < 4.78 is 34.7. The van der Waals surface area contributed by atoms with Gasteiger partial charge in [-0.1, -0.05) is 25.5 Å². The van der Waals surface area contributed by atoms with Crippen molar-refractivity contribution in [2.45, 2.75) is 45.4 Å². The van der Waals surface area contributed by atoms with Gasteiger partial charge >= 0.3 is 6.61 Å². The molecular formula is C15H21F2NO2. The van der Waals surface area contributed by atoms with E-state index in [0.29, 0.717) is 23.9 Å². The molecule has 1 N–H and O–H groups in total. The van der Waals surface area contributed by atoms with Crippen molar-refractivity contribution in [1.82, 2.24) is 5.32 Å². The van der Waals surface area contributed by atoms with Gasteiger partial charge in [0.1, 0.15) is 0 Å². The standard InChI is InChI=1S/C15H21F2NO2/c1-3-5-10-8-12(10)18-9-11-6-4-7-13(19-2)14(11)20-15(16)17/h4,6-7,10,12,15,18H,3,5,8-9H2,1-2H3. The molecule has 2 atom stereocenters. The van der Waals surface area contributed by atoms with Gasteiger partial charge in [0.25, 0.3) is 0 Å². The van der Waals surface area contributed by atoms with E-state index in [-0.39, 0.29) is 5.75 Å². The summed E-state index contributed by atoms with van der Waals surface area (Å²) in [5, 5.41) is 3.39. The van der Waals surface area contributed by atoms with E-state index in [1.807, 2.05) is 0 Å². The Morgan fingerprint density at radius 1 is 1.40 bits per heavy atom. The summed E-state index contributed by atoms with van der Waals surface area (Å²) in [7, 11) is 1.45. The van der Waals surface area contributed by atoms with Crippen LogP contribution in [-0.2, 0) is 6.54 Å². The molecule has 0 aromatic heterocycles. The maximum atomic E-state index is 12.5. The van der Waals surface area contributed by atoms with Crippen LogP contribution in [0.15, 0.2) is 18.2 Å². The van der Waals surface area contributed by atoms with Crippen molar-refractivity contribution in [3.05, 3.63) is 23.8 Å². The Balaban J connectivity index is 1.99. The number of methoxy groups -OCH3 is 1. The number of benzene rings is 1. The average Bonchev–Trinajstić information content (AvgIpc) is 3.15. The zero-order valence-electron chi connectivity index (χ0n) is 11.9. The van der Waals surface area contributed by atoms with E-state index < -0.39 is 6.61 Å². The van der Waals surface area contributed by atoms with E-state index in [1.54, 1.807) is 18.2 Å². The smallest absolute Gasteiger partial charge is 0.387 e. The van der Waals surface area contributed by atoms with Gasteiger partial charge in [0, 0.05) is 18.2 Å². The number of hydrogen-bond acceptors (Lipinski definition) is 3. The lowest BCUT2D eigenvalue weighted by Gasteiger charge is -2.14. The van der Waals surface area contributed by atoms with Crippen LogP contribution in [-0.4, -0.2) is 19.8 Å². The van der Waals surface area contributed by atoms with Crippen LogP contribution in [0, 0.1) is 5.92 Å². The van der Waals surface area contributed by atoms with Crippen molar-refractivity contribution in [3.63, 3.8) is 0 Å². The molecule has 112 valence electrons. The second-order valence-corrected chi connectivity index (χ2v) is 5.10. The molecule has 20 heavy (non-hydrogen) atoms. The summed E-state index contributed by atoms with van der Waals surface area (Å²) in [6.07, 6.45) is 3.57. The zero-order chi connectivity index (χ0) is 14.5. The third kappa shape index (κ3) is 3.82. The molecule has 2 rings (SSSR count). The van der Waals surface area contributed by atoms with Gasteiger partial charge in [0.2, 0.25) is 0 Å². The fourth-order valence-electron chi connectivity index (χ4n) is 2.51. The third-order valence-corrected chi connectivity index (χ3v) is 3.62. The molecule has 0 amide bonds. The maximum absolute atomic E-state index is 12.5. The van der Waals surface area contributed by atoms with Gasteiger partial charge < -0.3 is 14.8 Å². The fraction of sp³-hybridized carbons (Fsp3) is 0.600. The molecule has 0 radical (unpaired) electrons. The highest BCUT2D eigenvalue weighted by Crippen LogP contribution is 2.36. The van der Waals surface area contributed by atoms with Gasteiger partial charge in [0.15, 0.2) is 11.5 Å². The van der Waals surface area contributed by atoms with E-state index in [0.717, 1.165) is 5.92 Å². The Hall–Kier alpha value is -1.36. The number of ether oxygens (including phenoxy) is 2. The summed E-state index contributed by atoms with van der Waals surface area (Å²) in [5.41, 5.74) is 0.701. The minimum absolute atomic E-state index is 0.130. The van der Waals surface area contributed by atoms with Gasteiger partial charge in [-0.25, -0.2) is 0 Å². The number of hydrogen-bond donors (Lipinski definition) is 1. The number of nitrogens with one attached hydrogen (secondary N) is 1. The predicted octanol–water partition coefficient (Wildman–Crippen LogP) is 3.57. The van der Waals surface area contributed by atoms with Crippen molar-refractivity contribution < 1.29 is 18.3 Å². The molecule has 1 saturated carbocycles. The fourth-order valence-corrected chi connectivity index (χ4v) is 2.51. The molecule has 3 nitrogen and oxygen atoms in total. The molecule has 0 bridgehead atoms. The zero-order valence-corrected chi connectivity index (χ0v) is 11.9. The van der Waals surface area contributed by atoms with Crippen molar-refractivity contribution in [2.75, 3.05) is 7.11 Å². The number of alkyl halides is 2. The Morgan fingerprint density at radius 3 is 2.85 bits per heavy atom. The minimum atomic E-state index is -2.85. The van der Waals surface area contributed by atoms with Crippen LogP contribution in [0.4, 0.5) is 8.78 Å². The van der Waals surface area contributed by atoms with Crippen LogP contribution in [0.3, 0.4) is 0 Å². The Morgan fingerprint density at radius 2 is 2.20 bits per heavy atom. The Bertz CT molecular complexity index is 440. The first kappa shape index (κ1) is 15.0. The first-order chi connectivity index (χ1) is 9.65. The molecule has 0 spiro atoms. The van der Waals surface area contributed by atoms with E-state index in [1.165, 1.54) is 26.4 Å². The molecule has 1 aliphatic rings. The van der Waals surface area contributed by atoms with Gasteiger partial charge in [-0.3, -0.25) is 0 Å². The third-order valence-electron chi connectivity index (χ3n) is 3.62. The molecule has 1 aromatic carbocycles. The predicted molar refractivity (Wildman–Crippen MR) is 73.3 cm³/mol. The van der Waals surface area contributed by atoms with E-state index in [4.69, 9.17) is 4.74 Å². The lowest BCUT2D eigenvalue weighted by atomic mass is 10.1. The summed E-state index contributed by atoms with van der Waals surface area (Å²) in [4.78, 5) is 0. The van der Waals surface area contributed by atoms with Crippen LogP contribution in [0.2, 0.25) is 0 Å². The topological polar surface area (TPSA) is 30.5 Å². The van der Waals surface area contributed by atoms with Crippen molar-refractivity contribution >= 4 is 0 Å². The van der Waals surface area contributed by atoms with Crippen molar-refractivity contribution in [3.8, 4) is 11.5 Å². The molecule has 0 heterocycles. The molecule has 0 saturated heterocycles. The summed E-state index contributed by atoms with van der Waals surface area (Å²) >= 11 is 0. The van der Waals surface area contributed by atoms with Gasteiger partial charge in [-0.05, 0) is 24.8 Å². The SMILES string of the molecule is CCCC1CC1NCc1cccc(OC)c1OC(F)F. The number of halogens is 2. The molecule has 2 unspecified atom stereocenters. The second-order valence-electron chi connectivity index (χ2n) is 5.10. The van der Waals surface area contributed by atoms with E-state index in [2.05, 4.69) is 17.0 Å². The van der Waals surface area contributed by atoms with E-state index in [9.17, 15) is 8.78 Å². The molecule has 1 fully saturated rings. The van der Waals surface area contributed by atoms with Gasteiger partial charge in [-0.2, -0.15) is 8.78 Å². The van der Waals surface area contributed by atoms with Crippen molar-refractivity contribution in [2.24, 2.45) is 5.92 Å². The Kier molecular flexibility index (Phi) is 5.17. The molecule has 5 heteroatoms. The van der Waals surface area contributed by atoms with E-state index >= 15 is 0 Å². The van der Waals surface area contributed by atoms with Crippen LogP contribution in [0.5, 0.6) is 11.5 Å². The maximum Gasteiger partial charge on any atom is 0.387 e. The number of para-hydroxylation sites is 1. The normalized spacial score (nSPS) is 21.1. The lowest BCUT2D eigenvalue weighted by molar-refractivity contribution is -0.0518. The quantitative estimate of drug-likeness (QED) is 0.792. The highest BCUT2D eigenvalue weighted by Gasteiger charge is 2.35. The molecule has 1 aliphatic carbocycles. The monoisotopic (exact) mass is 285 g/mol. The molecule has 0 aliphatic heterocycles. The van der Waals surface area contributed by atoms with Gasteiger partial charge in [-0.15, -0.1) is 0 Å². The Labute approximate surface area is 118 Å². The average molecular weight is 285 g/mol. The van der Waals surface area contributed by atoms with Crippen LogP contribution in [0.1, 0.15) is 31.7 Å². The molecule has 1 aromatic rings. The minimum Gasteiger partial charge on any atom is -0.493 e. The largest absolute Gasteiger partial charge is 0.493 e. The lowest BCUT2D eigenvalue weighted by Crippen LogP contribution is -2.19. The first-order valence-corrected chi connectivity index (χ1v) is 6.99. The highest BCUT2D eigenvalue weighted by molar-refractivity contribution is 5.46. The summed E-state index contributed by atoms with van der Waals surface area (Å²) in [5.74, 6) is 1.20. The highest BCUT2D eigenvalue weighted by atomic mass is 19.3. The van der Waals surface area contributed by atoms with Crippen LogP contribution in [0.25, 0.3) is 0 Å².